The van der Waals surface area contributed by atoms with Gasteiger partial charge in [-0.3, -0.25) is 9.89 Å². The molecule has 0 fully saturated rings. The minimum Gasteiger partial charge on any atom is -0.494 e. The molecule has 1 aromatic carbocycles. The number of anilines is 1. The van der Waals surface area contributed by atoms with Crippen molar-refractivity contribution in [1.82, 2.24) is 10.2 Å². The molecular weight excluding hydrogens is 266 g/mol. The van der Waals surface area contributed by atoms with Crippen molar-refractivity contribution in [2.75, 3.05) is 11.9 Å². The molecule has 0 saturated heterocycles. The van der Waals surface area contributed by atoms with Crippen LogP contribution in [0.15, 0.2) is 30.3 Å². The molecule has 112 valence electrons. The lowest BCUT2D eigenvalue weighted by molar-refractivity contribution is -0.116. The number of nitrogens with zero attached hydrogens (tertiary/aromatic N) is 1. The Kier molecular flexibility index (Phi) is 5.37. The maximum atomic E-state index is 11.7. The largest absolute Gasteiger partial charge is 0.494 e. The van der Waals surface area contributed by atoms with Crippen LogP contribution in [0.2, 0.25) is 0 Å². The van der Waals surface area contributed by atoms with E-state index < -0.39 is 0 Å². The monoisotopic (exact) mass is 287 g/mol. The van der Waals surface area contributed by atoms with Crippen LogP contribution in [0.3, 0.4) is 0 Å². The first-order valence-electron chi connectivity index (χ1n) is 7.21. The number of hydrogen-bond donors (Lipinski definition) is 2. The van der Waals surface area contributed by atoms with Crippen LogP contribution in [0.4, 0.5) is 5.82 Å². The second-order valence-corrected chi connectivity index (χ2v) is 4.95. The number of hydrogen-bond acceptors (Lipinski definition) is 3. The third-order valence-corrected chi connectivity index (χ3v) is 3.12. The molecule has 0 unspecified atom stereocenters. The van der Waals surface area contributed by atoms with Gasteiger partial charge < -0.3 is 10.1 Å². The Hall–Kier alpha value is -2.30. The van der Waals surface area contributed by atoms with Gasteiger partial charge in [-0.25, -0.2) is 0 Å². The first kappa shape index (κ1) is 15.1. The average Bonchev–Trinajstić information content (AvgIpc) is 2.93. The molecule has 0 atom stereocenters. The van der Waals surface area contributed by atoms with Crippen molar-refractivity contribution in [2.45, 2.75) is 33.1 Å². The third-order valence-electron chi connectivity index (χ3n) is 3.12. The van der Waals surface area contributed by atoms with E-state index in [2.05, 4.69) is 15.5 Å². The Morgan fingerprint density at radius 1 is 1.33 bits per heavy atom. The highest BCUT2D eigenvalue weighted by atomic mass is 16.5. The van der Waals surface area contributed by atoms with Gasteiger partial charge in [0.05, 0.1) is 6.61 Å². The Balaban J connectivity index is 1.66. The predicted octanol–water partition coefficient (Wildman–Crippen LogP) is 3.08. The summed E-state index contributed by atoms with van der Waals surface area (Å²) in [6, 6.07) is 9.73. The number of carbonyl (C=O) groups is 1. The quantitative estimate of drug-likeness (QED) is 0.769. The SMILES string of the molecule is CCc1cc(NC(=O)CCCOc2ccc(C)cc2)n[nH]1. The summed E-state index contributed by atoms with van der Waals surface area (Å²) in [5.41, 5.74) is 2.21. The van der Waals surface area contributed by atoms with Crippen molar-refractivity contribution < 1.29 is 9.53 Å². The molecule has 5 heteroatoms. The first-order chi connectivity index (χ1) is 10.2. The van der Waals surface area contributed by atoms with E-state index in [9.17, 15) is 4.79 Å². The zero-order valence-electron chi connectivity index (χ0n) is 12.5. The Morgan fingerprint density at radius 3 is 2.76 bits per heavy atom. The second kappa shape index (κ2) is 7.47. The summed E-state index contributed by atoms with van der Waals surface area (Å²) in [4.78, 5) is 11.7. The molecule has 2 rings (SSSR count). The van der Waals surface area contributed by atoms with Gasteiger partial charge in [0.2, 0.25) is 5.91 Å². The second-order valence-electron chi connectivity index (χ2n) is 4.95. The van der Waals surface area contributed by atoms with E-state index in [1.165, 1.54) is 5.56 Å². The molecule has 1 amide bonds. The van der Waals surface area contributed by atoms with E-state index in [-0.39, 0.29) is 5.91 Å². The number of ether oxygens (including phenoxy) is 1. The first-order valence-corrected chi connectivity index (χ1v) is 7.21. The fraction of sp³-hybridized carbons (Fsp3) is 0.375. The van der Waals surface area contributed by atoms with Gasteiger partial charge in [-0.05, 0) is 31.9 Å². The van der Waals surface area contributed by atoms with Gasteiger partial charge in [-0.15, -0.1) is 0 Å². The van der Waals surface area contributed by atoms with E-state index in [1.807, 2.05) is 44.2 Å². The number of carbonyl (C=O) groups excluding carboxylic acids is 1. The fourth-order valence-corrected chi connectivity index (χ4v) is 1.87. The molecule has 0 aliphatic heterocycles. The molecule has 5 nitrogen and oxygen atoms in total. The highest BCUT2D eigenvalue weighted by molar-refractivity contribution is 5.89. The summed E-state index contributed by atoms with van der Waals surface area (Å²) < 4.78 is 5.58. The molecule has 0 radical (unpaired) electrons. The van der Waals surface area contributed by atoms with Gasteiger partial charge in [-0.1, -0.05) is 24.6 Å². The smallest absolute Gasteiger partial charge is 0.225 e. The maximum absolute atomic E-state index is 11.7. The Bertz CT molecular complexity index is 575. The zero-order valence-corrected chi connectivity index (χ0v) is 12.5. The van der Waals surface area contributed by atoms with Crippen molar-refractivity contribution in [3.8, 4) is 5.75 Å². The minimum absolute atomic E-state index is 0.0448. The van der Waals surface area contributed by atoms with Crippen LogP contribution < -0.4 is 10.1 Å². The molecule has 2 N–H and O–H groups in total. The van der Waals surface area contributed by atoms with Gasteiger partial charge >= 0.3 is 0 Å². The lowest BCUT2D eigenvalue weighted by Crippen LogP contribution is -2.13. The lowest BCUT2D eigenvalue weighted by atomic mass is 10.2. The number of amides is 1. The summed E-state index contributed by atoms with van der Waals surface area (Å²) >= 11 is 0. The highest BCUT2D eigenvalue weighted by Crippen LogP contribution is 2.12. The van der Waals surface area contributed by atoms with Crippen LogP contribution in [0, 0.1) is 6.92 Å². The third kappa shape index (κ3) is 4.95. The van der Waals surface area contributed by atoms with Crippen molar-refractivity contribution in [3.63, 3.8) is 0 Å². The summed E-state index contributed by atoms with van der Waals surface area (Å²) in [7, 11) is 0. The fourth-order valence-electron chi connectivity index (χ4n) is 1.87. The normalized spacial score (nSPS) is 10.4. The van der Waals surface area contributed by atoms with E-state index in [0.29, 0.717) is 25.3 Å². The summed E-state index contributed by atoms with van der Waals surface area (Å²) in [6.07, 6.45) is 1.96. The molecule has 1 heterocycles. The molecule has 0 aliphatic rings. The van der Waals surface area contributed by atoms with Crippen molar-refractivity contribution in [3.05, 3.63) is 41.6 Å². The van der Waals surface area contributed by atoms with E-state index in [4.69, 9.17) is 4.74 Å². The zero-order chi connectivity index (χ0) is 15.1. The number of aromatic nitrogens is 2. The molecule has 2 aromatic rings. The molecule has 1 aromatic heterocycles. The number of aryl methyl sites for hydroxylation is 2. The number of aromatic amines is 1. The van der Waals surface area contributed by atoms with Crippen molar-refractivity contribution >= 4 is 11.7 Å². The number of nitrogens with one attached hydrogen (secondary N) is 2. The summed E-state index contributed by atoms with van der Waals surface area (Å²) in [6.45, 7) is 4.59. The van der Waals surface area contributed by atoms with Gasteiger partial charge in [0.15, 0.2) is 5.82 Å². The van der Waals surface area contributed by atoms with Crippen LogP contribution in [0.5, 0.6) is 5.75 Å². The highest BCUT2D eigenvalue weighted by Gasteiger charge is 2.05. The molecular formula is C16H21N3O2. The number of rotatable bonds is 7. The van der Waals surface area contributed by atoms with Gasteiger partial charge in [-0.2, -0.15) is 5.10 Å². The van der Waals surface area contributed by atoms with Crippen LogP contribution in [0.25, 0.3) is 0 Å². The minimum atomic E-state index is -0.0448. The molecule has 0 aliphatic carbocycles. The molecule has 0 bridgehead atoms. The van der Waals surface area contributed by atoms with Crippen LogP contribution in [-0.4, -0.2) is 22.7 Å². The van der Waals surface area contributed by atoms with Crippen molar-refractivity contribution in [2.24, 2.45) is 0 Å². The standard InChI is InChI=1S/C16H21N3O2/c1-3-13-11-15(19-18-13)17-16(20)5-4-10-21-14-8-6-12(2)7-9-14/h6-9,11H,3-5,10H2,1-2H3,(H2,17,18,19,20). The summed E-state index contributed by atoms with van der Waals surface area (Å²) in [5.74, 6) is 1.37. The van der Waals surface area contributed by atoms with Gasteiger partial charge in [0, 0.05) is 18.2 Å². The maximum Gasteiger partial charge on any atom is 0.225 e. The predicted molar refractivity (Wildman–Crippen MR) is 82.5 cm³/mol. The van der Waals surface area contributed by atoms with Crippen molar-refractivity contribution in [1.29, 1.82) is 0 Å². The number of H-pyrrole nitrogens is 1. The Morgan fingerprint density at radius 2 is 2.10 bits per heavy atom. The number of benzene rings is 1. The van der Waals surface area contributed by atoms with E-state index in [0.717, 1.165) is 17.9 Å². The van der Waals surface area contributed by atoms with Gasteiger partial charge in [0.25, 0.3) is 0 Å². The molecule has 0 saturated carbocycles. The topological polar surface area (TPSA) is 67.0 Å². The van der Waals surface area contributed by atoms with Gasteiger partial charge in [0.1, 0.15) is 5.75 Å². The van der Waals surface area contributed by atoms with Crippen LogP contribution >= 0.6 is 0 Å². The molecule has 21 heavy (non-hydrogen) atoms. The van der Waals surface area contributed by atoms with E-state index in [1.54, 1.807) is 0 Å². The lowest BCUT2D eigenvalue weighted by Gasteiger charge is -2.06. The summed E-state index contributed by atoms with van der Waals surface area (Å²) in [5, 5.41) is 9.65. The van der Waals surface area contributed by atoms with Crippen LogP contribution in [0.1, 0.15) is 31.0 Å². The van der Waals surface area contributed by atoms with Crippen LogP contribution in [-0.2, 0) is 11.2 Å². The molecule has 0 spiro atoms. The van der Waals surface area contributed by atoms with E-state index >= 15 is 0 Å². The average molecular weight is 287 g/mol. The Labute approximate surface area is 124 Å².